The first-order valence-corrected chi connectivity index (χ1v) is 10.5. The molecular weight excluding hydrogens is 399 g/mol. The van der Waals surface area contributed by atoms with Gasteiger partial charge in [-0.15, -0.1) is 0 Å². The minimum Gasteiger partial charge on any atom is -0.494 e. The molecule has 0 bridgehead atoms. The van der Waals surface area contributed by atoms with Gasteiger partial charge in [-0.25, -0.2) is 4.39 Å². The average molecular weight is 426 g/mol. The lowest BCUT2D eigenvalue weighted by atomic mass is 9.89. The highest BCUT2D eigenvalue weighted by molar-refractivity contribution is 5.60. The molecule has 2 heterocycles. The Morgan fingerprint density at radius 1 is 1.19 bits per heavy atom. The molecule has 0 atom stereocenters. The summed E-state index contributed by atoms with van der Waals surface area (Å²) in [6.45, 7) is 1.09. The molecule has 164 valence electrons. The maximum atomic E-state index is 14.4. The Bertz CT molecular complexity index is 992. The van der Waals surface area contributed by atoms with Crippen molar-refractivity contribution in [3.63, 3.8) is 0 Å². The summed E-state index contributed by atoms with van der Waals surface area (Å²) >= 11 is 0. The molecule has 4 rings (SSSR count). The van der Waals surface area contributed by atoms with Crippen molar-refractivity contribution < 1.29 is 13.5 Å². The Labute approximate surface area is 180 Å². The Hall–Kier alpha value is -3.36. The van der Waals surface area contributed by atoms with Crippen molar-refractivity contribution in [1.82, 2.24) is 15.0 Å². The van der Waals surface area contributed by atoms with E-state index in [1.807, 2.05) is 6.07 Å². The van der Waals surface area contributed by atoms with Gasteiger partial charge in [-0.3, -0.25) is 0 Å². The molecule has 3 aromatic rings. The molecule has 0 radical (unpaired) electrons. The number of aromatic nitrogens is 3. The minimum atomic E-state index is -0.484. The van der Waals surface area contributed by atoms with Gasteiger partial charge in [-0.05, 0) is 43.0 Å². The summed E-state index contributed by atoms with van der Waals surface area (Å²) in [6.07, 6.45) is 7.82. The van der Waals surface area contributed by atoms with Gasteiger partial charge in [0, 0.05) is 18.3 Å². The highest BCUT2D eigenvalue weighted by Gasteiger charge is 2.19. The van der Waals surface area contributed by atoms with Crippen molar-refractivity contribution in [3.8, 4) is 5.75 Å². The number of hydrogen-bond donors (Lipinski definition) is 2. The van der Waals surface area contributed by atoms with Crippen LogP contribution >= 0.6 is 0 Å². The van der Waals surface area contributed by atoms with Crippen molar-refractivity contribution in [1.29, 1.82) is 0 Å². The van der Waals surface area contributed by atoms with Gasteiger partial charge in [0.25, 0.3) is 0 Å². The molecule has 31 heavy (non-hydrogen) atoms. The molecule has 1 fully saturated rings. The zero-order valence-corrected chi connectivity index (χ0v) is 17.6. The number of benzene rings is 1. The van der Waals surface area contributed by atoms with Crippen LogP contribution < -0.4 is 20.7 Å². The van der Waals surface area contributed by atoms with Gasteiger partial charge in [0.15, 0.2) is 11.6 Å². The molecule has 9 heteroatoms. The predicted molar refractivity (Wildman–Crippen MR) is 117 cm³/mol. The number of nitrogens with one attached hydrogen (secondary N) is 1. The third-order valence-corrected chi connectivity index (χ3v) is 5.50. The van der Waals surface area contributed by atoms with Crippen LogP contribution in [0.1, 0.15) is 37.9 Å². The van der Waals surface area contributed by atoms with E-state index >= 15 is 0 Å². The minimum absolute atomic E-state index is 0.0922. The standard InChI is InChI=1S/C22H27FN6O2/c1-30-19-10-9-16(12-18(19)23)29(14-17-8-5-11-31-17)22-27-20(24)26-21(28-22)25-13-15-6-3-2-4-7-15/h5,8-12,15H,2-4,6-7,13-14H2,1H3,(H3,24,25,26,27,28). The SMILES string of the molecule is COc1ccc(N(Cc2ccco2)c2nc(N)nc(NCC3CCCCC3)n2)cc1F. The number of nitrogen functional groups attached to an aromatic ring is 1. The zero-order valence-electron chi connectivity index (χ0n) is 17.6. The van der Waals surface area contributed by atoms with Crippen LogP contribution in [0.25, 0.3) is 0 Å². The van der Waals surface area contributed by atoms with Gasteiger partial charge in [0.1, 0.15) is 5.76 Å². The molecule has 1 aromatic carbocycles. The fourth-order valence-electron chi connectivity index (χ4n) is 3.87. The van der Waals surface area contributed by atoms with E-state index in [0.29, 0.717) is 35.8 Å². The second-order valence-electron chi connectivity index (χ2n) is 7.69. The van der Waals surface area contributed by atoms with Crippen LogP contribution in [0.2, 0.25) is 0 Å². The number of furan rings is 1. The fraction of sp³-hybridized carbons (Fsp3) is 0.409. The molecule has 0 amide bonds. The lowest BCUT2D eigenvalue weighted by Crippen LogP contribution is -2.22. The zero-order chi connectivity index (χ0) is 21.6. The first-order valence-electron chi connectivity index (χ1n) is 10.5. The van der Waals surface area contributed by atoms with Crippen LogP contribution in [0.4, 0.5) is 27.9 Å². The number of nitrogens with zero attached hydrogens (tertiary/aromatic N) is 4. The van der Waals surface area contributed by atoms with E-state index in [0.717, 1.165) is 6.54 Å². The summed E-state index contributed by atoms with van der Waals surface area (Å²) in [4.78, 5) is 14.8. The Morgan fingerprint density at radius 3 is 2.74 bits per heavy atom. The lowest BCUT2D eigenvalue weighted by Gasteiger charge is -2.24. The maximum Gasteiger partial charge on any atom is 0.236 e. The van der Waals surface area contributed by atoms with E-state index < -0.39 is 5.82 Å². The second-order valence-corrected chi connectivity index (χ2v) is 7.69. The van der Waals surface area contributed by atoms with Gasteiger partial charge >= 0.3 is 0 Å². The quantitative estimate of drug-likeness (QED) is 0.542. The van der Waals surface area contributed by atoms with E-state index in [-0.39, 0.29) is 11.7 Å². The van der Waals surface area contributed by atoms with Crippen molar-refractivity contribution in [2.75, 3.05) is 29.6 Å². The van der Waals surface area contributed by atoms with E-state index in [1.165, 1.54) is 45.3 Å². The van der Waals surface area contributed by atoms with Gasteiger partial charge < -0.3 is 25.1 Å². The summed E-state index contributed by atoms with van der Waals surface area (Å²) in [7, 11) is 1.43. The van der Waals surface area contributed by atoms with Gasteiger partial charge in [-0.1, -0.05) is 19.3 Å². The number of methoxy groups -OCH3 is 1. The highest BCUT2D eigenvalue weighted by Crippen LogP contribution is 2.30. The van der Waals surface area contributed by atoms with E-state index in [1.54, 1.807) is 29.4 Å². The van der Waals surface area contributed by atoms with Crippen LogP contribution in [0.3, 0.4) is 0 Å². The van der Waals surface area contributed by atoms with E-state index in [4.69, 9.17) is 14.9 Å². The first kappa shape index (κ1) is 20.9. The number of ether oxygens (including phenoxy) is 1. The smallest absolute Gasteiger partial charge is 0.236 e. The van der Waals surface area contributed by atoms with Crippen LogP contribution in [-0.2, 0) is 6.54 Å². The van der Waals surface area contributed by atoms with E-state index in [2.05, 4.69) is 20.3 Å². The van der Waals surface area contributed by atoms with Gasteiger partial charge in [0.2, 0.25) is 17.8 Å². The molecule has 1 aliphatic rings. The summed E-state index contributed by atoms with van der Waals surface area (Å²) in [6, 6.07) is 8.30. The molecule has 0 aliphatic heterocycles. The van der Waals surface area contributed by atoms with Gasteiger partial charge in [-0.2, -0.15) is 15.0 Å². The van der Waals surface area contributed by atoms with Crippen LogP contribution in [0.5, 0.6) is 5.75 Å². The molecule has 0 saturated heterocycles. The molecule has 8 nitrogen and oxygen atoms in total. The first-order chi connectivity index (χ1) is 15.1. The molecule has 0 spiro atoms. The Balaban J connectivity index is 1.62. The Kier molecular flexibility index (Phi) is 6.49. The number of anilines is 4. The van der Waals surface area contributed by atoms with Crippen LogP contribution in [0, 0.1) is 11.7 Å². The molecular formula is C22H27FN6O2. The molecule has 1 saturated carbocycles. The van der Waals surface area contributed by atoms with Crippen molar-refractivity contribution in [3.05, 3.63) is 48.2 Å². The predicted octanol–water partition coefficient (Wildman–Crippen LogP) is 4.53. The number of rotatable bonds is 8. The largest absolute Gasteiger partial charge is 0.494 e. The summed E-state index contributed by atoms with van der Waals surface area (Å²) in [5.74, 6) is 1.76. The summed E-state index contributed by atoms with van der Waals surface area (Å²) in [5, 5.41) is 3.30. The monoisotopic (exact) mass is 426 g/mol. The van der Waals surface area contributed by atoms with E-state index in [9.17, 15) is 4.39 Å². The number of nitrogens with two attached hydrogens (primary N) is 1. The third kappa shape index (κ3) is 5.22. The van der Waals surface area contributed by atoms with Crippen molar-refractivity contribution >= 4 is 23.5 Å². The average Bonchev–Trinajstić information content (AvgIpc) is 3.30. The normalized spacial score (nSPS) is 14.4. The maximum absolute atomic E-state index is 14.4. The molecule has 0 unspecified atom stereocenters. The number of halogens is 1. The third-order valence-electron chi connectivity index (χ3n) is 5.50. The highest BCUT2D eigenvalue weighted by atomic mass is 19.1. The Morgan fingerprint density at radius 2 is 2.03 bits per heavy atom. The summed E-state index contributed by atoms with van der Waals surface area (Å²) < 4.78 is 25.0. The lowest BCUT2D eigenvalue weighted by molar-refractivity contribution is 0.373. The number of hydrogen-bond acceptors (Lipinski definition) is 8. The second kappa shape index (κ2) is 9.63. The summed E-state index contributed by atoms with van der Waals surface area (Å²) in [5.41, 5.74) is 6.53. The van der Waals surface area contributed by atoms with Crippen molar-refractivity contribution in [2.24, 2.45) is 5.92 Å². The molecule has 1 aliphatic carbocycles. The molecule has 2 aromatic heterocycles. The fourth-order valence-corrected chi connectivity index (χ4v) is 3.87. The van der Waals surface area contributed by atoms with Crippen molar-refractivity contribution in [2.45, 2.75) is 38.6 Å². The van der Waals surface area contributed by atoms with Crippen LogP contribution in [0.15, 0.2) is 41.0 Å². The van der Waals surface area contributed by atoms with Gasteiger partial charge in [0.05, 0.1) is 19.9 Å². The molecule has 3 N–H and O–H groups in total. The van der Waals surface area contributed by atoms with Crippen LogP contribution in [-0.4, -0.2) is 28.6 Å². The topological polar surface area (TPSA) is 102 Å².